The maximum Gasteiger partial charge on any atom is 0.276 e. The molecule has 3 N–H and O–H groups in total. The number of phenols is 1. The molecule has 2 aromatic rings. The van der Waals surface area contributed by atoms with Crippen LogP contribution in [-0.2, 0) is 14.8 Å². The molecule has 0 aliphatic rings. The number of rotatable bonds is 5. The summed E-state index contributed by atoms with van der Waals surface area (Å²) in [5, 5.41) is 15.7. The molecule has 0 aromatic heterocycles. The highest BCUT2D eigenvalue weighted by Gasteiger charge is 2.12. The van der Waals surface area contributed by atoms with E-state index in [2.05, 4.69) is 15.2 Å². The smallest absolute Gasteiger partial charge is 0.276 e. The van der Waals surface area contributed by atoms with Gasteiger partial charge in [0, 0.05) is 18.2 Å². The molecule has 23 heavy (non-hydrogen) atoms. The van der Waals surface area contributed by atoms with Gasteiger partial charge in [0.25, 0.3) is 10.0 Å². The second-order valence-corrected chi connectivity index (χ2v) is 6.28. The van der Waals surface area contributed by atoms with Crippen LogP contribution in [0.25, 0.3) is 0 Å². The highest BCUT2D eigenvalue weighted by atomic mass is 32.2. The minimum Gasteiger partial charge on any atom is -0.507 e. The number of para-hydroxylation sites is 1. The molecule has 8 heteroatoms. The first-order chi connectivity index (χ1) is 10.9. The number of carbonyl (C=O) groups excluding carboxylic acids is 1. The molecule has 0 heterocycles. The average molecular weight is 333 g/mol. The zero-order valence-electron chi connectivity index (χ0n) is 12.2. The van der Waals surface area contributed by atoms with Crippen LogP contribution in [0.3, 0.4) is 0 Å². The number of hydrazone groups is 1. The van der Waals surface area contributed by atoms with Gasteiger partial charge in [-0.15, -0.1) is 0 Å². The lowest BCUT2D eigenvalue weighted by molar-refractivity contribution is -0.114. The van der Waals surface area contributed by atoms with Gasteiger partial charge in [-0.3, -0.25) is 4.79 Å². The SMILES string of the molecule is CC(=O)Nc1ccc(S(=O)(=O)NN=Cc2ccccc2O)cc1. The van der Waals surface area contributed by atoms with E-state index in [0.717, 1.165) is 0 Å². The van der Waals surface area contributed by atoms with Gasteiger partial charge >= 0.3 is 0 Å². The molecule has 0 radical (unpaired) electrons. The van der Waals surface area contributed by atoms with E-state index in [1.54, 1.807) is 18.2 Å². The van der Waals surface area contributed by atoms with E-state index in [1.807, 2.05) is 0 Å². The van der Waals surface area contributed by atoms with Gasteiger partial charge in [-0.1, -0.05) is 12.1 Å². The fourth-order valence-electron chi connectivity index (χ4n) is 1.74. The first kappa shape index (κ1) is 16.5. The Bertz CT molecular complexity index is 830. The maximum atomic E-state index is 12.1. The highest BCUT2D eigenvalue weighted by molar-refractivity contribution is 7.89. The van der Waals surface area contributed by atoms with Crippen LogP contribution in [0.2, 0.25) is 0 Å². The third-order valence-electron chi connectivity index (χ3n) is 2.80. The molecule has 0 saturated carbocycles. The predicted molar refractivity (Wildman–Crippen MR) is 86.8 cm³/mol. The lowest BCUT2D eigenvalue weighted by Crippen LogP contribution is -2.18. The Morgan fingerprint density at radius 2 is 1.78 bits per heavy atom. The fraction of sp³-hybridized carbons (Fsp3) is 0.0667. The van der Waals surface area contributed by atoms with Gasteiger partial charge in [-0.05, 0) is 36.4 Å². The third kappa shape index (κ3) is 4.55. The Labute approximate surface area is 133 Å². The standard InChI is InChI=1S/C15H15N3O4S/c1-11(19)17-13-6-8-14(9-7-13)23(21,22)18-16-10-12-4-2-3-5-15(12)20/h2-10,18,20H,1H3,(H,17,19). The second kappa shape index (κ2) is 6.93. The molecular weight excluding hydrogens is 318 g/mol. The average Bonchev–Trinajstić information content (AvgIpc) is 2.49. The van der Waals surface area contributed by atoms with Crippen LogP contribution in [0.5, 0.6) is 5.75 Å². The van der Waals surface area contributed by atoms with Crippen molar-refractivity contribution in [3.63, 3.8) is 0 Å². The number of sulfonamides is 1. The summed E-state index contributed by atoms with van der Waals surface area (Å²) in [6, 6.07) is 12.0. The first-order valence-corrected chi connectivity index (χ1v) is 8.07. The Kier molecular flexibility index (Phi) is 4.97. The molecule has 0 fully saturated rings. The lowest BCUT2D eigenvalue weighted by atomic mass is 10.2. The molecular formula is C15H15N3O4S. The molecule has 0 spiro atoms. The summed E-state index contributed by atoms with van der Waals surface area (Å²) >= 11 is 0. The van der Waals surface area contributed by atoms with Crippen LogP contribution in [0, 0.1) is 0 Å². The molecule has 0 atom stereocenters. The number of phenolic OH excluding ortho intramolecular Hbond substituents is 1. The summed E-state index contributed by atoms with van der Waals surface area (Å²) in [7, 11) is -3.83. The van der Waals surface area contributed by atoms with E-state index >= 15 is 0 Å². The molecule has 0 bridgehead atoms. The van der Waals surface area contributed by atoms with E-state index in [9.17, 15) is 18.3 Å². The summed E-state index contributed by atoms with van der Waals surface area (Å²) in [4.78, 5) is 13.0. The number of benzene rings is 2. The minimum atomic E-state index is -3.83. The van der Waals surface area contributed by atoms with Gasteiger partial charge < -0.3 is 10.4 Å². The summed E-state index contributed by atoms with van der Waals surface area (Å²) in [5.74, 6) is -0.249. The fourth-order valence-corrected chi connectivity index (χ4v) is 2.53. The number of hydrogen-bond donors (Lipinski definition) is 3. The van der Waals surface area contributed by atoms with Gasteiger partial charge in [0.1, 0.15) is 5.75 Å². The van der Waals surface area contributed by atoms with Crippen LogP contribution in [0.4, 0.5) is 5.69 Å². The van der Waals surface area contributed by atoms with E-state index in [-0.39, 0.29) is 16.6 Å². The van der Waals surface area contributed by atoms with Crippen molar-refractivity contribution in [3.05, 3.63) is 54.1 Å². The van der Waals surface area contributed by atoms with Gasteiger partial charge in [-0.25, -0.2) is 4.83 Å². The van der Waals surface area contributed by atoms with Crippen LogP contribution < -0.4 is 10.1 Å². The van der Waals surface area contributed by atoms with Crippen LogP contribution >= 0.6 is 0 Å². The molecule has 0 aliphatic carbocycles. The topological polar surface area (TPSA) is 108 Å². The number of hydrogen-bond acceptors (Lipinski definition) is 5. The Morgan fingerprint density at radius 3 is 2.39 bits per heavy atom. The summed E-state index contributed by atoms with van der Waals surface area (Å²) in [5.41, 5.74) is 0.880. The maximum absolute atomic E-state index is 12.1. The van der Waals surface area contributed by atoms with Gasteiger partial charge in [0.05, 0.1) is 11.1 Å². The van der Waals surface area contributed by atoms with Gasteiger partial charge in [0.2, 0.25) is 5.91 Å². The molecule has 1 amide bonds. The Balaban J connectivity index is 2.10. The number of nitrogens with one attached hydrogen (secondary N) is 2. The van der Waals surface area contributed by atoms with E-state index in [0.29, 0.717) is 11.3 Å². The second-order valence-electron chi connectivity index (χ2n) is 4.62. The van der Waals surface area contributed by atoms with Crippen molar-refractivity contribution in [2.75, 3.05) is 5.32 Å². The molecule has 0 saturated heterocycles. The molecule has 120 valence electrons. The van der Waals surface area contributed by atoms with Gasteiger partial charge in [-0.2, -0.15) is 13.5 Å². The first-order valence-electron chi connectivity index (χ1n) is 6.59. The zero-order chi connectivity index (χ0) is 16.9. The van der Waals surface area contributed by atoms with Crippen LogP contribution in [-0.4, -0.2) is 25.6 Å². The van der Waals surface area contributed by atoms with E-state index < -0.39 is 10.0 Å². The molecule has 2 rings (SSSR count). The quantitative estimate of drug-likeness (QED) is 0.571. The van der Waals surface area contributed by atoms with E-state index in [4.69, 9.17) is 0 Å². The predicted octanol–water partition coefficient (Wildman–Crippen LogP) is 1.66. The summed E-state index contributed by atoms with van der Waals surface area (Å²) in [6.07, 6.45) is 1.21. The molecule has 0 aliphatic heterocycles. The zero-order valence-corrected chi connectivity index (χ0v) is 13.0. The van der Waals surface area contributed by atoms with Crippen molar-refractivity contribution in [2.24, 2.45) is 5.10 Å². The minimum absolute atomic E-state index is 0.000959. The summed E-state index contributed by atoms with van der Waals surface area (Å²) < 4.78 is 24.1. The largest absolute Gasteiger partial charge is 0.507 e. The molecule has 0 unspecified atom stereocenters. The number of carbonyl (C=O) groups is 1. The molecule has 7 nitrogen and oxygen atoms in total. The lowest BCUT2D eigenvalue weighted by Gasteiger charge is -2.05. The monoisotopic (exact) mass is 333 g/mol. The van der Waals surface area contributed by atoms with Crippen LogP contribution in [0.15, 0.2) is 58.5 Å². The number of anilines is 1. The van der Waals surface area contributed by atoms with Crippen molar-refractivity contribution >= 4 is 27.8 Å². The highest BCUT2D eigenvalue weighted by Crippen LogP contribution is 2.15. The number of aromatic hydroxyl groups is 1. The van der Waals surface area contributed by atoms with Crippen molar-refractivity contribution in [1.29, 1.82) is 0 Å². The number of nitrogens with zero attached hydrogens (tertiary/aromatic N) is 1. The number of amides is 1. The normalized spacial score (nSPS) is 11.3. The van der Waals surface area contributed by atoms with Gasteiger partial charge in [0.15, 0.2) is 0 Å². The van der Waals surface area contributed by atoms with Crippen molar-refractivity contribution in [1.82, 2.24) is 4.83 Å². The van der Waals surface area contributed by atoms with Crippen LogP contribution in [0.1, 0.15) is 12.5 Å². The summed E-state index contributed by atoms with van der Waals surface area (Å²) in [6.45, 7) is 1.36. The Morgan fingerprint density at radius 1 is 1.13 bits per heavy atom. The third-order valence-corrected chi connectivity index (χ3v) is 4.04. The van der Waals surface area contributed by atoms with E-state index in [1.165, 1.54) is 43.5 Å². The van der Waals surface area contributed by atoms with Crippen molar-refractivity contribution in [2.45, 2.75) is 11.8 Å². The molecule has 2 aromatic carbocycles. The Hall–Kier alpha value is -2.87. The van der Waals surface area contributed by atoms with Crippen molar-refractivity contribution in [3.8, 4) is 5.75 Å². The van der Waals surface area contributed by atoms with Crippen molar-refractivity contribution < 1.29 is 18.3 Å².